The summed E-state index contributed by atoms with van der Waals surface area (Å²) in [4.78, 5) is 10.1. The molecule has 1 rings (SSSR count). The molecule has 7 heteroatoms. The Morgan fingerprint density at radius 2 is 2.20 bits per heavy atom. The van der Waals surface area contributed by atoms with E-state index in [1.807, 2.05) is 0 Å². The molecule has 0 saturated carbocycles. The first-order valence-electron chi connectivity index (χ1n) is 4.09. The van der Waals surface area contributed by atoms with Crippen LogP contribution in [0.2, 0.25) is 0 Å². The number of allylic oxidation sites excluding steroid dienone is 1. The van der Waals surface area contributed by atoms with E-state index >= 15 is 0 Å². The minimum atomic E-state index is -4.49. The normalized spacial score (nSPS) is 27.4. The summed E-state index contributed by atoms with van der Waals surface area (Å²) in [7, 11) is 0. The van der Waals surface area contributed by atoms with Gasteiger partial charge in [0, 0.05) is 5.75 Å². The molecule has 0 aliphatic carbocycles. The van der Waals surface area contributed by atoms with E-state index in [9.17, 15) is 23.1 Å². The number of carbonyl (C=O) groups excluding carboxylic acids is 1. The second-order valence-electron chi connectivity index (χ2n) is 3.06. The maximum absolute atomic E-state index is 12.2. The van der Waals surface area contributed by atoms with Crippen LogP contribution in [0.4, 0.5) is 13.2 Å². The summed E-state index contributed by atoms with van der Waals surface area (Å²) in [6.45, 7) is -0.766. The Morgan fingerprint density at radius 3 is 2.60 bits per heavy atom. The number of rotatable bonds is 2. The van der Waals surface area contributed by atoms with Crippen LogP contribution >= 0.6 is 11.8 Å². The fourth-order valence-corrected chi connectivity index (χ4v) is 2.32. The molecule has 0 fully saturated rings. The fraction of sp³-hybridized carbons (Fsp3) is 0.625. The minimum Gasteiger partial charge on any atom is -0.389 e. The molecule has 3 nitrogen and oxygen atoms in total. The molecule has 0 spiro atoms. The van der Waals surface area contributed by atoms with E-state index in [1.165, 1.54) is 0 Å². The first kappa shape index (κ1) is 12.5. The van der Waals surface area contributed by atoms with Crippen molar-refractivity contribution >= 4 is 17.5 Å². The number of hydrogen-bond donors (Lipinski definition) is 2. The zero-order valence-electron chi connectivity index (χ0n) is 7.49. The number of ketones is 1. The predicted octanol–water partition coefficient (Wildman–Crippen LogP) is 0.718. The molecular formula is C8H9F3O3S. The van der Waals surface area contributed by atoms with Crippen LogP contribution in [0.25, 0.3) is 0 Å². The number of Topliss-reactive ketones (excluding diaryl/α,β-unsaturated/α-hetero) is 1. The average molecular weight is 242 g/mol. The molecule has 2 atom stereocenters. The van der Waals surface area contributed by atoms with E-state index in [-0.39, 0.29) is 5.75 Å². The molecule has 0 saturated heterocycles. The SMILES string of the molecule is O=C(CO)[C@@H]1CSC(C(F)(F)F)=C[C@@H]1O. The molecule has 86 valence electrons. The van der Waals surface area contributed by atoms with Gasteiger partial charge in [-0.2, -0.15) is 13.2 Å². The Hall–Kier alpha value is -0.530. The van der Waals surface area contributed by atoms with E-state index in [2.05, 4.69) is 0 Å². The molecule has 1 heterocycles. The summed E-state index contributed by atoms with van der Waals surface area (Å²) in [5.41, 5.74) is 0. The van der Waals surface area contributed by atoms with E-state index in [0.29, 0.717) is 17.8 Å². The molecule has 1 aliphatic rings. The van der Waals surface area contributed by atoms with Gasteiger partial charge in [-0.05, 0) is 6.08 Å². The lowest BCUT2D eigenvalue weighted by molar-refractivity contribution is -0.127. The largest absolute Gasteiger partial charge is 0.422 e. The van der Waals surface area contributed by atoms with Crippen molar-refractivity contribution in [2.45, 2.75) is 12.3 Å². The van der Waals surface area contributed by atoms with Gasteiger partial charge in [-0.3, -0.25) is 4.79 Å². The van der Waals surface area contributed by atoms with Crippen molar-refractivity contribution in [2.24, 2.45) is 5.92 Å². The molecule has 2 N–H and O–H groups in total. The lowest BCUT2D eigenvalue weighted by atomic mass is 9.99. The highest BCUT2D eigenvalue weighted by Crippen LogP contribution is 2.39. The predicted molar refractivity (Wildman–Crippen MR) is 48.2 cm³/mol. The monoisotopic (exact) mass is 242 g/mol. The molecule has 0 aromatic rings. The standard InChI is InChI=1S/C8H9F3O3S/c9-8(10,11)7-1-5(13)4(3-15-7)6(14)2-12/h1,4-5,12-13H,2-3H2/t4-,5+/m1/s1. The topological polar surface area (TPSA) is 57.5 Å². The third-order valence-corrected chi connectivity index (χ3v) is 3.21. The van der Waals surface area contributed by atoms with Crippen LogP contribution in [0.5, 0.6) is 0 Å². The second-order valence-corrected chi connectivity index (χ2v) is 4.12. The highest BCUT2D eigenvalue weighted by atomic mass is 32.2. The summed E-state index contributed by atoms with van der Waals surface area (Å²) in [5.74, 6) is -1.76. The number of thioether (sulfide) groups is 1. The molecule has 1 aliphatic heterocycles. The van der Waals surface area contributed by atoms with Crippen molar-refractivity contribution in [3.05, 3.63) is 11.0 Å². The van der Waals surface area contributed by atoms with E-state index in [1.54, 1.807) is 0 Å². The Kier molecular flexibility index (Phi) is 3.80. The molecular weight excluding hydrogens is 233 g/mol. The Balaban J connectivity index is 2.78. The van der Waals surface area contributed by atoms with Gasteiger partial charge in [-0.15, -0.1) is 11.8 Å². The number of alkyl halides is 3. The highest BCUT2D eigenvalue weighted by Gasteiger charge is 2.40. The van der Waals surface area contributed by atoms with Crippen LogP contribution in [0.3, 0.4) is 0 Å². The molecule has 0 aromatic carbocycles. The summed E-state index contributed by atoms with van der Waals surface area (Å²) >= 11 is 0.470. The van der Waals surface area contributed by atoms with Gasteiger partial charge in [-0.25, -0.2) is 0 Å². The van der Waals surface area contributed by atoms with Gasteiger partial charge in [0.1, 0.15) is 6.61 Å². The third kappa shape index (κ3) is 2.96. The first-order valence-corrected chi connectivity index (χ1v) is 5.08. The molecule has 0 bridgehead atoms. The minimum absolute atomic E-state index is 0.161. The molecule has 15 heavy (non-hydrogen) atoms. The maximum atomic E-state index is 12.2. The van der Waals surface area contributed by atoms with Crippen LogP contribution < -0.4 is 0 Å². The molecule has 0 amide bonds. The number of hydrogen-bond acceptors (Lipinski definition) is 4. The van der Waals surface area contributed by atoms with Crippen molar-refractivity contribution in [1.82, 2.24) is 0 Å². The van der Waals surface area contributed by atoms with E-state index in [0.717, 1.165) is 0 Å². The third-order valence-electron chi connectivity index (χ3n) is 2.00. The van der Waals surface area contributed by atoms with Gasteiger partial charge in [0.15, 0.2) is 5.78 Å². The van der Waals surface area contributed by atoms with Crippen LogP contribution in [0, 0.1) is 5.92 Å². The van der Waals surface area contributed by atoms with Crippen molar-refractivity contribution in [3.63, 3.8) is 0 Å². The van der Waals surface area contributed by atoms with Crippen LogP contribution in [0.1, 0.15) is 0 Å². The number of aliphatic hydroxyl groups is 2. The summed E-state index contributed by atoms with van der Waals surface area (Å²) in [6.07, 6.45) is -5.34. The van der Waals surface area contributed by atoms with Crippen LogP contribution in [-0.2, 0) is 4.79 Å². The maximum Gasteiger partial charge on any atom is 0.422 e. The zero-order valence-corrected chi connectivity index (χ0v) is 8.31. The zero-order chi connectivity index (χ0) is 11.6. The number of carbonyl (C=O) groups is 1. The Labute approximate surface area is 88.0 Å². The fourth-order valence-electron chi connectivity index (χ4n) is 1.17. The Morgan fingerprint density at radius 1 is 1.60 bits per heavy atom. The van der Waals surface area contributed by atoms with Crippen molar-refractivity contribution in [2.75, 3.05) is 12.4 Å². The van der Waals surface area contributed by atoms with Gasteiger partial charge >= 0.3 is 6.18 Å². The van der Waals surface area contributed by atoms with E-state index in [4.69, 9.17) is 5.11 Å². The summed E-state index contributed by atoms with van der Waals surface area (Å²) < 4.78 is 36.6. The van der Waals surface area contributed by atoms with Crippen LogP contribution in [0.15, 0.2) is 11.0 Å². The van der Waals surface area contributed by atoms with Crippen molar-refractivity contribution in [1.29, 1.82) is 0 Å². The molecule has 0 radical (unpaired) electrons. The van der Waals surface area contributed by atoms with E-state index < -0.39 is 35.5 Å². The lowest BCUT2D eigenvalue weighted by Gasteiger charge is -2.25. The highest BCUT2D eigenvalue weighted by molar-refractivity contribution is 8.03. The van der Waals surface area contributed by atoms with Crippen molar-refractivity contribution < 1.29 is 28.2 Å². The van der Waals surface area contributed by atoms with Gasteiger partial charge in [-0.1, -0.05) is 0 Å². The average Bonchev–Trinajstić information content (AvgIpc) is 2.15. The number of aliphatic hydroxyl groups excluding tert-OH is 2. The quantitative estimate of drug-likeness (QED) is 0.749. The second kappa shape index (κ2) is 4.54. The van der Waals surface area contributed by atoms with Gasteiger partial charge in [0.2, 0.25) is 0 Å². The molecule has 0 unspecified atom stereocenters. The first-order chi connectivity index (χ1) is 6.86. The smallest absolute Gasteiger partial charge is 0.389 e. The number of halogens is 3. The molecule has 0 aromatic heterocycles. The summed E-state index contributed by atoms with van der Waals surface area (Å²) in [5, 5.41) is 17.8. The van der Waals surface area contributed by atoms with Crippen molar-refractivity contribution in [3.8, 4) is 0 Å². The van der Waals surface area contributed by atoms with Gasteiger partial charge in [0.25, 0.3) is 0 Å². The Bertz CT molecular complexity index is 287. The van der Waals surface area contributed by atoms with Crippen LogP contribution in [-0.4, -0.2) is 40.6 Å². The van der Waals surface area contributed by atoms with Gasteiger partial charge in [0.05, 0.1) is 16.9 Å². The summed E-state index contributed by atoms with van der Waals surface area (Å²) in [6, 6.07) is 0. The van der Waals surface area contributed by atoms with Gasteiger partial charge < -0.3 is 10.2 Å². The lowest BCUT2D eigenvalue weighted by Crippen LogP contribution is -2.34.